The predicted octanol–water partition coefficient (Wildman–Crippen LogP) is -0.161. The largest absolute Gasteiger partial charge is 0.550 e. The summed E-state index contributed by atoms with van der Waals surface area (Å²) in [5.74, 6) is -1.32. The fraction of sp³-hybridized carbons (Fsp3) is 0.429. The molecule has 0 aromatic heterocycles. The molecule has 0 fully saturated rings. The number of esters is 1. The maximum Gasteiger partial charge on any atom is 0.307 e. The van der Waals surface area contributed by atoms with Crippen molar-refractivity contribution in [2.24, 2.45) is 0 Å². The van der Waals surface area contributed by atoms with Gasteiger partial charge in [0.05, 0.1) is 6.26 Å². The van der Waals surface area contributed by atoms with E-state index in [2.05, 4.69) is 11.3 Å². The van der Waals surface area contributed by atoms with E-state index < -0.39 is 5.97 Å². The van der Waals surface area contributed by atoms with Crippen LogP contribution in [0.4, 0.5) is 0 Å². The van der Waals surface area contributed by atoms with Gasteiger partial charge in [-0.05, 0) is 6.42 Å². The van der Waals surface area contributed by atoms with Crippen molar-refractivity contribution >= 4 is 11.9 Å². The SMILES string of the molecule is C=COC(C)=O.CCC(=O)[O-]. The van der Waals surface area contributed by atoms with Crippen LogP contribution >= 0.6 is 0 Å². The molecule has 4 nitrogen and oxygen atoms in total. The molecule has 0 heterocycles. The van der Waals surface area contributed by atoms with Crippen LogP contribution in [-0.4, -0.2) is 11.9 Å². The van der Waals surface area contributed by atoms with Crippen molar-refractivity contribution in [3.63, 3.8) is 0 Å². The number of hydrogen-bond donors (Lipinski definition) is 0. The summed E-state index contributed by atoms with van der Waals surface area (Å²) in [6.45, 7) is 6.02. The number of carbonyl (C=O) groups excluding carboxylic acids is 2. The van der Waals surface area contributed by atoms with Gasteiger partial charge in [-0.3, -0.25) is 4.79 Å². The first-order valence-electron chi connectivity index (χ1n) is 3.02. The van der Waals surface area contributed by atoms with Gasteiger partial charge >= 0.3 is 5.97 Å². The average molecular weight is 159 g/mol. The van der Waals surface area contributed by atoms with Gasteiger partial charge in [-0.25, -0.2) is 0 Å². The van der Waals surface area contributed by atoms with E-state index in [1.54, 1.807) is 0 Å². The Bertz CT molecular complexity index is 139. The number of carboxylic acid groups (broad SMARTS) is 1. The molecule has 0 aromatic carbocycles. The number of rotatable bonds is 2. The molecule has 11 heavy (non-hydrogen) atoms. The molecular weight excluding hydrogens is 148 g/mol. The van der Waals surface area contributed by atoms with Crippen LogP contribution in [0.2, 0.25) is 0 Å². The van der Waals surface area contributed by atoms with Crippen molar-refractivity contribution in [1.29, 1.82) is 0 Å². The van der Waals surface area contributed by atoms with Gasteiger partial charge in [0, 0.05) is 12.9 Å². The van der Waals surface area contributed by atoms with Gasteiger partial charge in [0.25, 0.3) is 0 Å². The van der Waals surface area contributed by atoms with Crippen LogP contribution in [-0.2, 0) is 14.3 Å². The topological polar surface area (TPSA) is 66.4 Å². The fourth-order valence-electron chi connectivity index (χ4n) is 0.117. The van der Waals surface area contributed by atoms with Gasteiger partial charge in [-0.1, -0.05) is 13.5 Å². The highest BCUT2D eigenvalue weighted by Gasteiger charge is 1.79. The third-order valence-corrected chi connectivity index (χ3v) is 0.538. The zero-order valence-electron chi connectivity index (χ0n) is 6.62. The van der Waals surface area contributed by atoms with Crippen LogP contribution in [0.1, 0.15) is 20.3 Å². The van der Waals surface area contributed by atoms with Crippen molar-refractivity contribution in [3.05, 3.63) is 12.8 Å². The molecular formula is C7H11O4-. The average Bonchev–Trinajstić information content (AvgIpc) is 1.89. The number of carboxylic acids is 1. The van der Waals surface area contributed by atoms with Crippen molar-refractivity contribution < 1.29 is 19.4 Å². The number of carbonyl (C=O) groups is 2. The van der Waals surface area contributed by atoms with Gasteiger partial charge in [0.1, 0.15) is 0 Å². The first kappa shape index (κ1) is 12.4. The van der Waals surface area contributed by atoms with Gasteiger partial charge in [-0.15, -0.1) is 0 Å². The standard InChI is InChI=1S/C4H6O2.C3H6O2/c1-3-6-4(2)5;1-2-3(4)5/h3H,1H2,2H3;2H2,1H3,(H,4,5)/p-1. The first-order valence-corrected chi connectivity index (χ1v) is 3.02. The lowest BCUT2D eigenvalue weighted by molar-refractivity contribution is -0.305. The smallest absolute Gasteiger partial charge is 0.307 e. The highest BCUT2D eigenvalue weighted by molar-refractivity contribution is 5.66. The third kappa shape index (κ3) is 28.6. The second-order valence-corrected chi connectivity index (χ2v) is 1.50. The van der Waals surface area contributed by atoms with Crippen LogP contribution < -0.4 is 5.11 Å². The van der Waals surface area contributed by atoms with Crippen LogP contribution in [0.25, 0.3) is 0 Å². The molecule has 0 N–H and O–H groups in total. The highest BCUT2D eigenvalue weighted by atomic mass is 16.5. The van der Waals surface area contributed by atoms with E-state index in [0.717, 1.165) is 6.26 Å². The first-order chi connectivity index (χ1) is 5.04. The van der Waals surface area contributed by atoms with Crippen LogP contribution in [0.3, 0.4) is 0 Å². The lowest BCUT2D eigenvalue weighted by Crippen LogP contribution is -2.19. The predicted molar refractivity (Wildman–Crippen MR) is 37.3 cm³/mol. The monoisotopic (exact) mass is 159 g/mol. The minimum atomic E-state index is -0.995. The molecule has 64 valence electrons. The van der Waals surface area contributed by atoms with Gasteiger partial charge in [0.15, 0.2) is 0 Å². The minimum Gasteiger partial charge on any atom is -0.550 e. The second kappa shape index (κ2) is 8.68. The second-order valence-electron chi connectivity index (χ2n) is 1.50. The number of hydrogen-bond acceptors (Lipinski definition) is 4. The molecule has 0 unspecified atom stereocenters. The van der Waals surface area contributed by atoms with E-state index in [9.17, 15) is 14.7 Å². The molecule has 0 radical (unpaired) electrons. The number of aliphatic carboxylic acids is 1. The van der Waals surface area contributed by atoms with Crippen LogP contribution in [0, 0.1) is 0 Å². The minimum absolute atomic E-state index is 0.111. The maximum atomic E-state index is 9.75. The summed E-state index contributed by atoms with van der Waals surface area (Å²) in [4.78, 5) is 19.0. The molecule has 0 aliphatic rings. The maximum absolute atomic E-state index is 9.75. The van der Waals surface area contributed by atoms with Crippen LogP contribution in [0.5, 0.6) is 0 Å². The van der Waals surface area contributed by atoms with E-state index in [1.807, 2.05) is 0 Å². The van der Waals surface area contributed by atoms with Gasteiger partial charge < -0.3 is 14.6 Å². The fourth-order valence-corrected chi connectivity index (χ4v) is 0.117. The van der Waals surface area contributed by atoms with Crippen LogP contribution in [0.15, 0.2) is 12.8 Å². The molecule has 0 amide bonds. The Hall–Kier alpha value is -1.32. The quantitative estimate of drug-likeness (QED) is 0.414. The zero-order valence-corrected chi connectivity index (χ0v) is 6.62. The van der Waals surface area contributed by atoms with Crippen molar-refractivity contribution in [2.75, 3.05) is 0 Å². The normalized spacial score (nSPS) is 7.09. The molecule has 0 spiro atoms. The summed E-state index contributed by atoms with van der Waals surface area (Å²) in [6.07, 6.45) is 1.21. The van der Waals surface area contributed by atoms with E-state index in [4.69, 9.17) is 0 Å². The van der Waals surface area contributed by atoms with E-state index in [1.165, 1.54) is 13.8 Å². The zero-order chi connectivity index (χ0) is 9.28. The van der Waals surface area contributed by atoms with Gasteiger partial charge in [-0.2, -0.15) is 0 Å². The summed E-state index contributed by atoms with van der Waals surface area (Å²) in [6, 6.07) is 0. The summed E-state index contributed by atoms with van der Waals surface area (Å²) >= 11 is 0. The molecule has 0 bridgehead atoms. The lowest BCUT2D eigenvalue weighted by Gasteiger charge is -1.87. The Morgan fingerprint density at radius 1 is 1.64 bits per heavy atom. The van der Waals surface area contributed by atoms with Gasteiger partial charge in [0.2, 0.25) is 0 Å². The lowest BCUT2D eigenvalue weighted by atomic mass is 10.5. The Morgan fingerprint density at radius 3 is 2.00 bits per heavy atom. The van der Waals surface area contributed by atoms with E-state index in [-0.39, 0.29) is 12.4 Å². The highest BCUT2D eigenvalue weighted by Crippen LogP contribution is 1.70. The summed E-state index contributed by atoms with van der Waals surface area (Å²) in [7, 11) is 0. The summed E-state index contributed by atoms with van der Waals surface area (Å²) in [5, 5.41) is 9.26. The summed E-state index contributed by atoms with van der Waals surface area (Å²) in [5.41, 5.74) is 0. The Balaban J connectivity index is 0. The molecule has 0 rings (SSSR count). The van der Waals surface area contributed by atoms with Crippen molar-refractivity contribution in [1.82, 2.24) is 0 Å². The van der Waals surface area contributed by atoms with E-state index in [0.29, 0.717) is 0 Å². The van der Waals surface area contributed by atoms with Crippen molar-refractivity contribution in [2.45, 2.75) is 20.3 Å². The molecule has 0 aromatic rings. The Kier molecular flexibility index (Phi) is 9.76. The third-order valence-electron chi connectivity index (χ3n) is 0.538. The molecule has 0 saturated carbocycles. The summed E-state index contributed by atoms with van der Waals surface area (Å²) < 4.78 is 4.17. The Labute approximate surface area is 65.5 Å². The Morgan fingerprint density at radius 2 is 2.00 bits per heavy atom. The molecule has 0 saturated heterocycles. The molecule has 0 aliphatic heterocycles. The molecule has 4 heteroatoms. The molecule has 0 aliphatic carbocycles. The molecule has 0 atom stereocenters. The van der Waals surface area contributed by atoms with E-state index >= 15 is 0 Å². The number of ether oxygens (including phenoxy) is 1. The van der Waals surface area contributed by atoms with Crippen molar-refractivity contribution in [3.8, 4) is 0 Å².